The Hall–Kier alpha value is -2.88. The van der Waals surface area contributed by atoms with Gasteiger partial charge in [0.05, 0.1) is 11.4 Å². The van der Waals surface area contributed by atoms with Gasteiger partial charge in [-0.1, -0.05) is 36.4 Å². The van der Waals surface area contributed by atoms with E-state index in [1.807, 2.05) is 41.1 Å². The number of carbonyl (C=O) groups is 1. The summed E-state index contributed by atoms with van der Waals surface area (Å²) in [6.45, 7) is 3.52. The number of para-hydroxylation sites is 2. The summed E-state index contributed by atoms with van der Waals surface area (Å²) in [5.41, 5.74) is 5.46. The first kappa shape index (κ1) is 24.8. The van der Waals surface area contributed by atoms with Gasteiger partial charge in [-0.15, -0.1) is 24.0 Å². The highest BCUT2D eigenvalue weighted by atomic mass is 127. The van der Waals surface area contributed by atoms with Crippen LogP contribution in [0.15, 0.2) is 65.8 Å². The number of anilines is 1. The quantitative estimate of drug-likeness (QED) is 0.177. The smallest absolute Gasteiger partial charge is 0.225 e. The molecule has 0 aliphatic carbocycles. The maximum atomic E-state index is 12.0. The normalized spacial score (nSPS) is 15.3. The van der Waals surface area contributed by atoms with E-state index < -0.39 is 0 Å². The summed E-state index contributed by atoms with van der Waals surface area (Å²) in [5, 5.41) is 14.4. The second kappa shape index (κ2) is 11.8. The molecule has 1 aromatic heterocycles. The van der Waals surface area contributed by atoms with Gasteiger partial charge in [-0.05, 0) is 49.1 Å². The summed E-state index contributed by atoms with van der Waals surface area (Å²) in [6, 6.07) is 18.2. The van der Waals surface area contributed by atoms with Gasteiger partial charge in [-0.25, -0.2) is 4.68 Å². The van der Waals surface area contributed by atoms with Crippen molar-refractivity contribution in [3.63, 3.8) is 0 Å². The lowest BCUT2D eigenvalue weighted by Crippen LogP contribution is -2.41. The first-order valence-electron chi connectivity index (χ1n) is 11.1. The van der Waals surface area contributed by atoms with Gasteiger partial charge in [-0.2, -0.15) is 5.10 Å². The summed E-state index contributed by atoms with van der Waals surface area (Å²) in [6.07, 6.45) is 4.50. The molecule has 0 bridgehead atoms. The predicted molar refractivity (Wildman–Crippen MR) is 144 cm³/mol. The molecule has 0 fully saturated rings. The molecule has 8 heteroatoms. The summed E-state index contributed by atoms with van der Waals surface area (Å²) >= 11 is 0. The fourth-order valence-corrected chi connectivity index (χ4v) is 4.06. The van der Waals surface area contributed by atoms with Crippen LogP contribution < -0.4 is 16.0 Å². The maximum Gasteiger partial charge on any atom is 0.225 e. The minimum atomic E-state index is 0. The SMILES string of the molecule is CN=C(NCCCc1cn(-c2ccccc2)nc1C)NCC1CC(=O)Nc2ccccc21.I. The molecule has 7 nitrogen and oxygen atoms in total. The average Bonchev–Trinajstić information content (AvgIpc) is 3.19. The lowest BCUT2D eigenvalue weighted by Gasteiger charge is -2.26. The zero-order chi connectivity index (χ0) is 22.3. The second-order valence-corrected chi connectivity index (χ2v) is 8.04. The maximum absolute atomic E-state index is 12.0. The van der Waals surface area contributed by atoms with Crippen LogP contribution >= 0.6 is 24.0 Å². The van der Waals surface area contributed by atoms with E-state index in [0.717, 1.165) is 42.4 Å². The van der Waals surface area contributed by atoms with Gasteiger partial charge in [0.1, 0.15) is 0 Å². The number of aliphatic imine (C=N–C) groups is 1. The summed E-state index contributed by atoms with van der Waals surface area (Å²) in [5.74, 6) is 0.944. The van der Waals surface area contributed by atoms with Gasteiger partial charge in [0.2, 0.25) is 5.91 Å². The van der Waals surface area contributed by atoms with Crippen molar-refractivity contribution in [3.05, 3.63) is 77.6 Å². The van der Waals surface area contributed by atoms with E-state index in [1.54, 1.807) is 7.05 Å². The summed E-state index contributed by atoms with van der Waals surface area (Å²) < 4.78 is 1.94. The van der Waals surface area contributed by atoms with Crippen LogP contribution in [-0.4, -0.2) is 41.8 Å². The average molecular weight is 558 g/mol. The largest absolute Gasteiger partial charge is 0.356 e. The van der Waals surface area contributed by atoms with Crippen LogP contribution in [0.5, 0.6) is 0 Å². The number of amides is 1. The number of halogens is 1. The highest BCUT2D eigenvalue weighted by Gasteiger charge is 2.24. The van der Waals surface area contributed by atoms with E-state index in [1.165, 1.54) is 11.1 Å². The fourth-order valence-electron chi connectivity index (χ4n) is 4.06. The number of hydrogen-bond donors (Lipinski definition) is 3. The van der Waals surface area contributed by atoms with Crippen molar-refractivity contribution < 1.29 is 4.79 Å². The number of aromatic nitrogens is 2. The van der Waals surface area contributed by atoms with Gasteiger partial charge in [-0.3, -0.25) is 9.79 Å². The van der Waals surface area contributed by atoms with E-state index in [4.69, 9.17) is 0 Å². The van der Waals surface area contributed by atoms with Crippen molar-refractivity contribution in [1.29, 1.82) is 0 Å². The van der Waals surface area contributed by atoms with E-state index in [9.17, 15) is 4.79 Å². The Morgan fingerprint density at radius 1 is 1.15 bits per heavy atom. The van der Waals surface area contributed by atoms with E-state index >= 15 is 0 Å². The van der Waals surface area contributed by atoms with Crippen molar-refractivity contribution in [1.82, 2.24) is 20.4 Å². The third kappa shape index (κ3) is 6.34. The molecule has 1 aliphatic heterocycles. The molecule has 2 aromatic carbocycles. The van der Waals surface area contributed by atoms with Crippen LogP contribution in [0.1, 0.15) is 35.6 Å². The van der Waals surface area contributed by atoms with E-state index in [0.29, 0.717) is 13.0 Å². The predicted octanol–water partition coefficient (Wildman–Crippen LogP) is 4.02. The lowest BCUT2D eigenvalue weighted by molar-refractivity contribution is -0.116. The molecular formula is C25H31IN6O. The Bertz CT molecular complexity index is 1100. The molecule has 2 heterocycles. The molecule has 1 atom stereocenters. The molecule has 33 heavy (non-hydrogen) atoms. The van der Waals surface area contributed by atoms with Crippen LogP contribution in [0.25, 0.3) is 5.69 Å². The first-order chi connectivity index (χ1) is 15.6. The molecule has 1 aliphatic rings. The first-order valence-corrected chi connectivity index (χ1v) is 11.1. The van der Waals surface area contributed by atoms with Crippen LogP contribution in [0.2, 0.25) is 0 Å². The molecule has 3 aromatic rings. The summed E-state index contributed by atoms with van der Waals surface area (Å²) in [7, 11) is 1.77. The van der Waals surface area contributed by atoms with Crippen molar-refractivity contribution in [2.75, 3.05) is 25.5 Å². The third-order valence-corrected chi connectivity index (χ3v) is 5.78. The molecule has 4 rings (SSSR count). The molecular weight excluding hydrogens is 527 g/mol. The molecule has 0 spiro atoms. The number of fused-ring (bicyclic) bond motifs is 1. The number of rotatable bonds is 7. The lowest BCUT2D eigenvalue weighted by atomic mass is 9.90. The van der Waals surface area contributed by atoms with Crippen LogP contribution in [0.4, 0.5) is 5.69 Å². The molecule has 174 valence electrons. The Morgan fingerprint density at radius 3 is 2.70 bits per heavy atom. The number of nitrogens with zero attached hydrogens (tertiary/aromatic N) is 3. The van der Waals surface area contributed by atoms with Gasteiger partial charge in [0.25, 0.3) is 0 Å². The Labute approximate surface area is 212 Å². The molecule has 0 saturated heterocycles. The number of aryl methyl sites for hydroxylation is 2. The van der Waals surface area contributed by atoms with Crippen molar-refractivity contribution in [2.45, 2.75) is 32.1 Å². The molecule has 0 saturated carbocycles. The van der Waals surface area contributed by atoms with Gasteiger partial charge in [0.15, 0.2) is 5.96 Å². The molecule has 0 radical (unpaired) electrons. The monoisotopic (exact) mass is 558 g/mol. The van der Waals surface area contributed by atoms with Crippen molar-refractivity contribution in [3.8, 4) is 5.69 Å². The minimum Gasteiger partial charge on any atom is -0.356 e. The molecule has 1 unspecified atom stereocenters. The van der Waals surface area contributed by atoms with Crippen molar-refractivity contribution in [2.24, 2.45) is 4.99 Å². The zero-order valence-corrected chi connectivity index (χ0v) is 21.4. The highest BCUT2D eigenvalue weighted by molar-refractivity contribution is 14.0. The topological polar surface area (TPSA) is 83.3 Å². The minimum absolute atomic E-state index is 0. The van der Waals surface area contributed by atoms with Gasteiger partial charge < -0.3 is 16.0 Å². The number of nitrogens with one attached hydrogen (secondary N) is 3. The van der Waals surface area contributed by atoms with E-state index in [-0.39, 0.29) is 35.8 Å². The number of benzene rings is 2. The standard InChI is InChI=1S/C25H30N6O.HI/c1-18-19(17-31(30-18)21-10-4-3-5-11-21)9-8-14-27-25(26-2)28-16-20-15-24(32)29-23-13-7-6-12-22(20)23;/h3-7,10-13,17,20H,8-9,14-16H2,1-2H3,(H,29,32)(H2,26,27,28);1H. The number of guanidine groups is 1. The number of hydrogen-bond acceptors (Lipinski definition) is 3. The van der Waals surface area contributed by atoms with Crippen LogP contribution in [-0.2, 0) is 11.2 Å². The highest BCUT2D eigenvalue weighted by Crippen LogP contribution is 2.31. The fraction of sp³-hybridized carbons (Fsp3) is 0.320. The van der Waals surface area contributed by atoms with Crippen molar-refractivity contribution >= 4 is 41.5 Å². The Morgan fingerprint density at radius 2 is 1.91 bits per heavy atom. The molecule has 1 amide bonds. The van der Waals surface area contributed by atoms with E-state index in [2.05, 4.69) is 57.4 Å². The summed E-state index contributed by atoms with van der Waals surface area (Å²) in [4.78, 5) is 16.4. The second-order valence-electron chi connectivity index (χ2n) is 8.04. The van der Waals surface area contributed by atoms with Gasteiger partial charge >= 0.3 is 0 Å². The Kier molecular flexibility index (Phi) is 8.87. The zero-order valence-electron chi connectivity index (χ0n) is 19.0. The van der Waals surface area contributed by atoms with Gasteiger partial charge in [0, 0.05) is 44.4 Å². The van der Waals surface area contributed by atoms with Crippen LogP contribution in [0.3, 0.4) is 0 Å². The van der Waals surface area contributed by atoms with Crippen LogP contribution in [0, 0.1) is 6.92 Å². The molecule has 3 N–H and O–H groups in total. The third-order valence-electron chi connectivity index (χ3n) is 5.78. The Balaban J connectivity index is 0.00000306. The number of carbonyl (C=O) groups excluding carboxylic acids is 1.